The van der Waals surface area contributed by atoms with Gasteiger partial charge in [-0.2, -0.15) is 5.10 Å². The molecule has 0 saturated carbocycles. The highest BCUT2D eigenvalue weighted by Crippen LogP contribution is 2.49. The second kappa shape index (κ2) is 11.1. The Morgan fingerprint density at radius 1 is 1.18 bits per heavy atom. The van der Waals surface area contributed by atoms with Crippen LogP contribution in [0.4, 0.5) is 14.6 Å². The molecule has 0 saturated heterocycles. The molecule has 0 radical (unpaired) electrons. The van der Waals surface area contributed by atoms with Gasteiger partial charge in [-0.25, -0.2) is 13.5 Å². The fraction of sp³-hybridized carbons (Fsp3) is 0.276. The minimum Gasteiger partial charge on any atom is -0.467 e. The molecule has 11 heteroatoms. The Hall–Kier alpha value is -3.63. The van der Waals surface area contributed by atoms with Crippen molar-refractivity contribution in [1.29, 1.82) is 0 Å². The van der Waals surface area contributed by atoms with Crippen molar-refractivity contribution in [3.63, 3.8) is 0 Å². The molecule has 0 aliphatic carbocycles. The lowest BCUT2D eigenvalue weighted by molar-refractivity contribution is -0.123. The Balaban J connectivity index is 1.70. The van der Waals surface area contributed by atoms with Crippen LogP contribution in [0.25, 0.3) is 5.69 Å². The molecule has 3 heterocycles. The number of carbonyl (C=O) groups is 2. The van der Waals surface area contributed by atoms with E-state index in [9.17, 15) is 14.0 Å². The maximum Gasteiger partial charge on any atom is 0.240 e. The number of halogens is 3. The molecule has 208 valence electrons. The fourth-order valence-electron chi connectivity index (χ4n) is 4.62. The normalized spacial score (nSPS) is 15.6. The van der Waals surface area contributed by atoms with E-state index in [-0.39, 0.29) is 30.3 Å². The molecule has 0 bridgehead atoms. The van der Waals surface area contributed by atoms with E-state index in [1.54, 1.807) is 41.1 Å². The van der Waals surface area contributed by atoms with Crippen molar-refractivity contribution in [2.45, 2.75) is 38.0 Å². The summed E-state index contributed by atoms with van der Waals surface area (Å²) in [6.07, 6.45) is 1.51. The lowest BCUT2D eigenvalue weighted by Crippen LogP contribution is -2.42. The zero-order valence-corrected chi connectivity index (χ0v) is 23.7. The maximum atomic E-state index is 15.2. The number of nitrogens with one attached hydrogen (secondary N) is 1. The van der Waals surface area contributed by atoms with Crippen molar-refractivity contribution in [2.24, 2.45) is 0 Å². The summed E-state index contributed by atoms with van der Waals surface area (Å²) in [5.41, 5.74) is 1.32. The molecule has 1 N–H and O–H groups in total. The van der Waals surface area contributed by atoms with Gasteiger partial charge >= 0.3 is 0 Å². The predicted molar refractivity (Wildman–Crippen MR) is 151 cm³/mol. The largest absolute Gasteiger partial charge is 0.467 e. The molecular weight excluding hydrogens is 558 g/mol. The monoisotopic (exact) mass is 584 g/mol. The molecule has 40 heavy (non-hydrogen) atoms. The van der Waals surface area contributed by atoms with Crippen LogP contribution in [0.5, 0.6) is 0 Å². The third-order valence-electron chi connectivity index (χ3n) is 6.47. The van der Waals surface area contributed by atoms with Crippen LogP contribution in [0.15, 0.2) is 65.3 Å². The smallest absolute Gasteiger partial charge is 0.240 e. The van der Waals surface area contributed by atoms with E-state index < -0.39 is 28.2 Å². The summed E-state index contributed by atoms with van der Waals surface area (Å²) < 4.78 is 36.0. The number of benzene rings is 2. The molecule has 0 fully saturated rings. The third-order valence-corrected chi connectivity index (χ3v) is 8.02. The standard InChI is InChI=1S/C29H27ClF2N4O3S/c1-29(2,3)27-25-26(19-11-10-17(31)13-21(19)32)40-16-24(38)35(15-23(37)33-14-18-7-6-12-39-18)28(25)36(34-27)22-9-5-4-8-20(22)30/h4-13,26H,14-16H2,1-3H3,(H,33,37). The van der Waals surface area contributed by atoms with Gasteiger partial charge in [-0.1, -0.05) is 50.6 Å². The van der Waals surface area contributed by atoms with Gasteiger partial charge in [-0.05, 0) is 30.3 Å². The van der Waals surface area contributed by atoms with Crippen LogP contribution >= 0.6 is 23.4 Å². The first kappa shape index (κ1) is 27.9. The number of aromatic nitrogens is 2. The number of furan rings is 1. The quantitative estimate of drug-likeness (QED) is 0.293. The Labute approximate surface area is 239 Å². The fourth-order valence-corrected chi connectivity index (χ4v) is 6.06. The van der Waals surface area contributed by atoms with Gasteiger partial charge in [-0.15, -0.1) is 11.8 Å². The minimum atomic E-state index is -0.731. The highest BCUT2D eigenvalue weighted by molar-refractivity contribution is 8.00. The molecule has 2 amide bonds. The number of fused-ring (bicyclic) bond motifs is 1. The SMILES string of the molecule is CC(C)(C)c1nn(-c2ccccc2Cl)c2c1C(c1ccc(F)cc1F)SCC(=O)N2CC(=O)NCc1ccco1. The lowest BCUT2D eigenvalue weighted by Gasteiger charge is -2.24. The highest BCUT2D eigenvalue weighted by atomic mass is 35.5. The van der Waals surface area contributed by atoms with Gasteiger partial charge in [-0.3, -0.25) is 14.5 Å². The number of carbonyl (C=O) groups excluding carboxylic acids is 2. The van der Waals surface area contributed by atoms with Gasteiger partial charge < -0.3 is 9.73 Å². The number of para-hydroxylation sites is 1. The van der Waals surface area contributed by atoms with Crippen LogP contribution < -0.4 is 10.2 Å². The average molecular weight is 585 g/mol. The van der Waals surface area contributed by atoms with Crippen LogP contribution in [0.2, 0.25) is 5.02 Å². The van der Waals surface area contributed by atoms with E-state index in [1.807, 2.05) is 20.8 Å². The summed E-state index contributed by atoms with van der Waals surface area (Å²) in [5.74, 6) is -1.38. The van der Waals surface area contributed by atoms with Crippen molar-refractivity contribution in [1.82, 2.24) is 15.1 Å². The summed E-state index contributed by atoms with van der Waals surface area (Å²) in [4.78, 5) is 28.2. The molecule has 1 aliphatic rings. The van der Waals surface area contributed by atoms with E-state index in [2.05, 4.69) is 5.32 Å². The average Bonchev–Trinajstić information content (AvgIpc) is 3.53. The third kappa shape index (κ3) is 5.51. The number of thioether (sulfide) groups is 1. The minimum absolute atomic E-state index is 0.0479. The molecule has 1 unspecified atom stereocenters. The summed E-state index contributed by atoms with van der Waals surface area (Å²) in [7, 11) is 0. The van der Waals surface area contributed by atoms with E-state index >= 15 is 4.39 Å². The number of nitrogens with zero attached hydrogens (tertiary/aromatic N) is 3. The molecule has 7 nitrogen and oxygen atoms in total. The van der Waals surface area contributed by atoms with Gasteiger partial charge in [0.05, 0.1) is 40.2 Å². The molecular formula is C29H27ClF2N4O3S. The van der Waals surface area contributed by atoms with Crippen molar-refractivity contribution < 1.29 is 22.8 Å². The van der Waals surface area contributed by atoms with E-state index in [0.717, 1.165) is 6.07 Å². The maximum absolute atomic E-state index is 15.2. The van der Waals surface area contributed by atoms with Crippen molar-refractivity contribution >= 4 is 41.0 Å². The Morgan fingerprint density at radius 3 is 2.62 bits per heavy atom. The molecule has 2 aromatic carbocycles. The Kier molecular flexibility index (Phi) is 7.74. The second-order valence-corrected chi connectivity index (χ2v) is 11.9. The first-order valence-corrected chi connectivity index (χ1v) is 14.0. The van der Waals surface area contributed by atoms with Crippen molar-refractivity contribution in [3.05, 3.63) is 100 Å². The zero-order valence-electron chi connectivity index (χ0n) is 22.1. The van der Waals surface area contributed by atoms with Crippen molar-refractivity contribution in [2.75, 3.05) is 17.2 Å². The number of hydrogen-bond donors (Lipinski definition) is 1. The zero-order chi connectivity index (χ0) is 28.6. The van der Waals surface area contributed by atoms with Gasteiger partial charge in [0.1, 0.15) is 29.8 Å². The molecule has 1 atom stereocenters. The topological polar surface area (TPSA) is 80.4 Å². The van der Waals surface area contributed by atoms with Crippen LogP contribution in [-0.4, -0.2) is 33.9 Å². The Bertz CT molecular complexity index is 1570. The summed E-state index contributed by atoms with van der Waals surface area (Å²) in [5, 5.41) is 7.37. The van der Waals surface area contributed by atoms with Gasteiger partial charge in [0, 0.05) is 22.6 Å². The van der Waals surface area contributed by atoms with Crippen LogP contribution in [-0.2, 0) is 21.5 Å². The number of anilines is 1. The summed E-state index contributed by atoms with van der Waals surface area (Å²) in [6.45, 7) is 5.72. The summed E-state index contributed by atoms with van der Waals surface area (Å²) in [6, 6.07) is 13.9. The number of hydrogen-bond acceptors (Lipinski definition) is 5. The van der Waals surface area contributed by atoms with E-state index in [0.29, 0.717) is 33.5 Å². The summed E-state index contributed by atoms with van der Waals surface area (Å²) >= 11 is 7.80. The molecule has 0 spiro atoms. The predicted octanol–water partition coefficient (Wildman–Crippen LogP) is 6.18. The number of rotatable bonds is 6. The van der Waals surface area contributed by atoms with Crippen LogP contribution in [0.3, 0.4) is 0 Å². The van der Waals surface area contributed by atoms with E-state index in [4.69, 9.17) is 21.1 Å². The molecule has 1 aliphatic heterocycles. The van der Waals surface area contributed by atoms with Gasteiger partial charge in [0.2, 0.25) is 11.8 Å². The van der Waals surface area contributed by atoms with E-state index in [1.165, 1.54) is 35.1 Å². The first-order valence-electron chi connectivity index (χ1n) is 12.6. The highest BCUT2D eigenvalue weighted by Gasteiger charge is 2.41. The molecule has 2 aromatic heterocycles. The van der Waals surface area contributed by atoms with Gasteiger partial charge in [0.25, 0.3) is 0 Å². The Morgan fingerprint density at radius 2 is 1.95 bits per heavy atom. The second-order valence-electron chi connectivity index (χ2n) is 10.4. The number of amides is 2. The first-order chi connectivity index (χ1) is 19.0. The van der Waals surface area contributed by atoms with Crippen molar-refractivity contribution in [3.8, 4) is 5.69 Å². The van der Waals surface area contributed by atoms with Gasteiger partial charge in [0.15, 0.2) is 0 Å². The van der Waals surface area contributed by atoms with Crippen LogP contribution in [0, 0.1) is 11.6 Å². The van der Waals surface area contributed by atoms with Crippen LogP contribution in [0.1, 0.15) is 48.6 Å². The molecule has 5 rings (SSSR count). The lowest BCUT2D eigenvalue weighted by atomic mass is 9.87. The molecule has 4 aromatic rings.